The van der Waals surface area contributed by atoms with Crippen LogP contribution >= 0.6 is 0 Å². The van der Waals surface area contributed by atoms with Gasteiger partial charge in [-0.2, -0.15) is 0 Å². The van der Waals surface area contributed by atoms with E-state index in [1.807, 2.05) is 30.3 Å². The van der Waals surface area contributed by atoms with Crippen LogP contribution in [0.25, 0.3) is 0 Å². The first-order valence-corrected chi connectivity index (χ1v) is 6.85. The Morgan fingerprint density at radius 3 is 2.64 bits per heavy atom. The Morgan fingerprint density at radius 2 is 1.95 bits per heavy atom. The fourth-order valence-electron chi connectivity index (χ4n) is 2.48. The standard InChI is InChI=1S/C17H14O5/c1-10(18)21-17-12(19)7-8-14-16(17)13(20)9-15(22-14)11-5-3-2-4-6-11/h2-8,15,19H,9H2,1H3. The monoisotopic (exact) mass is 298 g/mol. The summed E-state index contributed by atoms with van der Waals surface area (Å²) in [7, 11) is 0. The third-order valence-electron chi connectivity index (χ3n) is 3.43. The van der Waals surface area contributed by atoms with Crippen LogP contribution in [-0.4, -0.2) is 16.9 Å². The summed E-state index contributed by atoms with van der Waals surface area (Å²) in [6.45, 7) is 1.21. The Kier molecular flexibility index (Phi) is 3.55. The highest BCUT2D eigenvalue weighted by atomic mass is 16.5. The van der Waals surface area contributed by atoms with Crippen LogP contribution in [0, 0.1) is 0 Å². The van der Waals surface area contributed by atoms with Gasteiger partial charge in [0.15, 0.2) is 17.3 Å². The molecule has 0 fully saturated rings. The van der Waals surface area contributed by atoms with Gasteiger partial charge in [0.25, 0.3) is 0 Å². The Balaban J connectivity index is 2.02. The topological polar surface area (TPSA) is 72.8 Å². The number of ether oxygens (including phenoxy) is 2. The molecule has 1 atom stereocenters. The van der Waals surface area contributed by atoms with Crippen molar-refractivity contribution in [2.45, 2.75) is 19.4 Å². The second-order valence-corrected chi connectivity index (χ2v) is 5.03. The summed E-state index contributed by atoms with van der Waals surface area (Å²) in [5, 5.41) is 9.83. The number of hydrogen-bond acceptors (Lipinski definition) is 5. The molecule has 1 aliphatic heterocycles. The number of phenols is 1. The third-order valence-corrected chi connectivity index (χ3v) is 3.43. The number of rotatable bonds is 2. The lowest BCUT2D eigenvalue weighted by Gasteiger charge is -2.26. The zero-order valence-electron chi connectivity index (χ0n) is 11.9. The number of carbonyl (C=O) groups is 2. The Morgan fingerprint density at radius 1 is 1.23 bits per heavy atom. The van der Waals surface area contributed by atoms with Gasteiger partial charge in [0, 0.05) is 6.92 Å². The molecule has 112 valence electrons. The van der Waals surface area contributed by atoms with E-state index < -0.39 is 12.1 Å². The maximum atomic E-state index is 12.4. The number of fused-ring (bicyclic) bond motifs is 1. The van der Waals surface area contributed by atoms with E-state index in [0.717, 1.165) is 5.56 Å². The van der Waals surface area contributed by atoms with E-state index in [-0.39, 0.29) is 29.3 Å². The van der Waals surface area contributed by atoms with E-state index in [2.05, 4.69) is 0 Å². The van der Waals surface area contributed by atoms with E-state index in [9.17, 15) is 14.7 Å². The number of phenolic OH excluding ortho intramolecular Hbond substituents is 1. The van der Waals surface area contributed by atoms with Crippen LogP contribution < -0.4 is 9.47 Å². The van der Waals surface area contributed by atoms with Crippen LogP contribution in [0.15, 0.2) is 42.5 Å². The fraction of sp³-hybridized carbons (Fsp3) is 0.176. The summed E-state index contributed by atoms with van der Waals surface area (Å²) in [5.74, 6) is -0.936. The number of carbonyl (C=O) groups excluding carboxylic acids is 2. The van der Waals surface area contributed by atoms with Gasteiger partial charge >= 0.3 is 5.97 Å². The molecular weight excluding hydrogens is 284 g/mol. The van der Waals surface area contributed by atoms with Crippen molar-refractivity contribution in [3.63, 3.8) is 0 Å². The Bertz CT molecular complexity index is 736. The minimum atomic E-state index is -0.610. The van der Waals surface area contributed by atoms with Gasteiger partial charge in [0.1, 0.15) is 17.4 Å². The predicted octanol–water partition coefficient (Wildman–Crippen LogP) is 3.02. The molecular formula is C17H14O5. The normalized spacial score (nSPS) is 16.6. The maximum absolute atomic E-state index is 12.4. The summed E-state index contributed by atoms with van der Waals surface area (Å²) in [4.78, 5) is 23.6. The molecule has 5 heteroatoms. The average Bonchev–Trinajstić information content (AvgIpc) is 2.50. The van der Waals surface area contributed by atoms with Crippen LogP contribution in [-0.2, 0) is 4.79 Å². The smallest absolute Gasteiger partial charge is 0.308 e. The van der Waals surface area contributed by atoms with Crippen molar-refractivity contribution in [1.29, 1.82) is 0 Å². The molecule has 2 aromatic carbocycles. The minimum Gasteiger partial charge on any atom is -0.504 e. The van der Waals surface area contributed by atoms with Gasteiger partial charge in [-0.3, -0.25) is 9.59 Å². The number of hydrogen-bond donors (Lipinski definition) is 1. The summed E-state index contributed by atoms with van der Waals surface area (Å²) < 4.78 is 10.8. The third kappa shape index (κ3) is 2.53. The molecule has 0 aliphatic carbocycles. The number of esters is 1. The first-order valence-electron chi connectivity index (χ1n) is 6.85. The van der Waals surface area contributed by atoms with E-state index in [1.54, 1.807) is 0 Å². The van der Waals surface area contributed by atoms with Crippen molar-refractivity contribution >= 4 is 11.8 Å². The highest BCUT2D eigenvalue weighted by Crippen LogP contribution is 2.43. The van der Waals surface area contributed by atoms with Crippen LogP contribution in [0.5, 0.6) is 17.2 Å². The lowest BCUT2D eigenvalue weighted by Crippen LogP contribution is -2.21. The largest absolute Gasteiger partial charge is 0.504 e. The van der Waals surface area contributed by atoms with Gasteiger partial charge in [-0.1, -0.05) is 30.3 Å². The summed E-state index contributed by atoms with van der Waals surface area (Å²) in [6, 6.07) is 12.3. The SMILES string of the molecule is CC(=O)Oc1c(O)ccc2c1C(=O)CC(c1ccccc1)O2. The second-order valence-electron chi connectivity index (χ2n) is 5.03. The molecule has 1 heterocycles. The zero-order chi connectivity index (χ0) is 15.7. The number of aromatic hydroxyl groups is 1. The Labute approximate surface area is 127 Å². The highest BCUT2D eigenvalue weighted by Gasteiger charge is 2.32. The number of ketones is 1. The first-order chi connectivity index (χ1) is 10.6. The quantitative estimate of drug-likeness (QED) is 0.681. The molecule has 5 nitrogen and oxygen atoms in total. The van der Waals surface area contributed by atoms with E-state index in [1.165, 1.54) is 19.1 Å². The minimum absolute atomic E-state index is 0.113. The lowest BCUT2D eigenvalue weighted by atomic mass is 9.95. The highest BCUT2D eigenvalue weighted by molar-refractivity contribution is 6.04. The van der Waals surface area contributed by atoms with Crippen LogP contribution in [0.1, 0.15) is 35.4 Å². The molecule has 22 heavy (non-hydrogen) atoms. The number of benzene rings is 2. The molecule has 0 saturated heterocycles. The molecule has 0 radical (unpaired) electrons. The molecule has 1 N–H and O–H groups in total. The van der Waals surface area contributed by atoms with Crippen molar-refractivity contribution in [3.8, 4) is 17.2 Å². The first kappa shape index (κ1) is 14.1. The van der Waals surface area contributed by atoms with E-state index in [4.69, 9.17) is 9.47 Å². The molecule has 0 spiro atoms. The van der Waals surface area contributed by atoms with Crippen molar-refractivity contribution in [2.24, 2.45) is 0 Å². The molecule has 0 amide bonds. The molecule has 0 bridgehead atoms. The van der Waals surface area contributed by atoms with Crippen LogP contribution in [0.4, 0.5) is 0 Å². The zero-order valence-corrected chi connectivity index (χ0v) is 11.9. The van der Waals surface area contributed by atoms with Gasteiger partial charge in [-0.05, 0) is 17.7 Å². The summed E-state index contributed by atoms with van der Waals surface area (Å²) in [5.41, 5.74) is 1.01. The van der Waals surface area contributed by atoms with E-state index >= 15 is 0 Å². The molecule has 3 rings (SSSR count). The predicted molar refractivity (Wildman–Crippen MR) is 78.2 cm³/mol. The molecule has 0 saturated carbocycles. The van der Waals surface area contributed by atoms with Gasteiger partial charge in [0.2, 0.25) is 0 Å². The van der Waals surface area contributed by atoms with E-state index in [0.29, 0.717) is 5.75 Å². The summed E-state index contributed by atoms with van der Waals surface area (Å²) >= 11 is 0. The molecule has 2 aromatic rings. The van der Waals surface area contributed by atoms with Gasteiger partial charge in [-0.25, -0.2) is 0 Å². The average molecular weight is 298 g/mol. The molecule has 1 unspecified atom stereocenters. The fourth-order valence-corrected chi connectivity index (χ4v) is 2.48. The van der Waals surface area contributed by atoms with Crippen molar-refractivity contribution < 1.29 is 24.2 Å². The van der Waals surface area contributed by atoms with Crippen molar-refractivity contribution in [2.75, 3.05) is 0 Å². The lowest BCUT2D eigenvalue weighted by molar-refractivity contribution is -0.132. The van der Waals surface area contributed by atoms with Crippen molar-refractivity contribution in [1.82, 2.24) is 0 Å². The van der Waals surface area contributed by atoms with Crippen LogP contribution in [0.3, 0.4) is 0 Å². The van der Waals surface area contributed by atoms with Gasteiger partial charge in [-0.15, -0.1) is 0 Å². The van der Waals surface area contributed by atoms with Gasteiger partial charge < -0.3 is 14.6 Å². The van der Waals surface area contributed by atoms with Crippen LogP contribution in [0.2, 0.25) is 0 Å². The molecule has 1 aliphatic rings. The molecule has 0 aromatic heterocycles. The Hall–Kier alpha value is -2.82. The number of Topliss-reactive ketones (excluding diaryl/α,β-unsaturated/α-hetero) is 1. The summed E-state index contributed by atoms with van der Waals surface area (Å²) in [6.07, 6.45) is -0.273. The maximum Gasteiger partial charge on any atom is 0.308 e. The second kappa shape index (κ2) is 5.52. The van der Waals surface area contributed by atoms with Crippen molar-refractivity contribution in [3.05, 3.63) is 53.6 Å². The van der Waals surface area contributed by atoms with Gasteiger partial charge in [0.05, 0.1) is 6.42 Å².